The molecule has 0 aromatic heterocycles. The van der Waals surface area contributed by atoms with Crippen molar-refractivity contribution in [1.29, 1.82) is 0 Å². The Kier molecular flexibility index (Phi) is 7.25. The maximum atomic E-state index is 13.2. The van der Waals surface area contributed by atoms with Crippen LogP contribution in [-0.4, -0.2) is 49.5 Å². The Morgan fingerprint density at radius 1 is 0.875 bits per heavy atom. The number of piperazine rings is 1. The summed E-state index contributed by atoms with van der Waals surface area (Å²) in [6, 6.07) is 18.4. The quantitative estimate of drug-likeness (QED) is 0.406. The highest BCUT2D eigenvalue weighted by Gasteiger charge is 2.32. The van der Waals surface area contributed by atoms with Crippen molar-refractivity contribution in [2.75, 3.05) is 42.6 Å². The van der Waals surface area contributed by atoms with Crippen molar-refractivity contribution in [2.24, 2.45) is 0 Å². The third kappa shape index (κ3) is 5.78. The molecule has 2 aliphatic rings. The number of halogens is 3. The molecule has 0 bridgehead atoms. The van der Waals surface area contributed by atoms with E-state index in [2.05, 4.69) is 20.8 Å². The molecule has 2 heterocycles. The van der Waals surface area contributed by atoms with Gasteiger partial charge in [0.05, 0.1) is 17.8 Å². The molecule has 0 unspecified atom stereocenters. The van der Waals surface area contributed by atoms with Gasteiger partial charge < -0.3 is 19.4 Å². The van der Waals surface area contributed by atoms with E-state index in [9.17, 15) is 22.8 Å². The number of hydrogen-bond donors (Lipinski definition) is 0. The fraction of sp³-hybridized carbons (Fsp3) is 0.355. The Hall–Kier alpha value is -4.01. The van der Waals surface area contributed by atoms with Crippen LogP contribution in [-0.2, 0) is 22.9 Å². The lowest BCUT2D eigenvalue weighted by Gasteiger charge is -2.36. The summed E-state index contributed by atoms with van der Waals surface area (Å²) >= 11 is 0. The lowest BCUT2D eigenvalue weighted by molar-refractivity contribution is -0.137. The van der Waals surface area contributed by atoms with Gasteiger partial charge in [0.1, 0.15) is 5.75 Å². The summed E-state index contributed by atoms with van der Waals surface area (Å²) in [4.78, 5) is 31.2. The van der Waals surface area contributed by atoms with Crippen molar-refractivity contribution in [2.45, 2.75) is 38.9 Å². The zero-order valence-corrected chi connectivity index (χ0v) is 22.8. The SMILES string of the molecule is CC(C)(C)c1ccc2c(c1)N(Cc1ccc(C(=O)N3CCN(c4cccc(C(F)(F)F)c4)CC3)cc1)C(=O)CO2. The van der Waals surface area contributed by atoms with Crippen LogP contribution < -0.4 is 14.5 Å². The van der Waals surface area contributed by atoms with E-state index in [-0.39, 0.29) is 23.8 Å². The lowest BCUT2D eigenvalue weighted by Crippen LogP contribution is -2.48. The number of hydrogen-bond acceptors (Lipinski definition) is 4. The van der Waals surface area contributed by atoms with E-state index in [1.54, 1.807) is 28.0 Å². The molecule has 0 spiro atoms. The highest BCUT2D eigenvalue weighted by Crippen LogP contribution is 2.37. The van der Waals surface area contributed by atoms with Crippen molar-refractivity contribution in [3.05, 3.63) is 89.0 Å². The van der Waals surface area contributed by atoms with E-state index in [0.29, 0.717) is 49.7 Å². The lowest BCUT2D eigenvalue weighted by atomic mass is 9.86. The largest absolute Gasteiger partial charge is 0.482 e. The number of ether oxygens (including phenoxy) is 1. The Balaban J connectivity index is 1.24. The van der Waals surface area contributed by atoms with Gasteiger partial charge in [-0.05, 0) is 59.0 Å². The minimum Gasteiger partial charge on any atom is -0.482 e. The third-order valence-electron chi connectivity index (χ3n) is 7.42. The molecule has 0 atom stereocenters. The molecule has 9 heteroatoms. The number of alkyl halides is 3. The molecule has 0 aliphatic carbocycles. The standard InChI is InChI=1S/C31H32F3N3O3/c1-30(2,3)23-11-12-27-26(18-23)37(28(38)20-40-27)19-21-7-9-22(10-8-21)29(39)36-15-13-35(14-16-36)25-6-4-5-24(17-25)31(32,33)34/h4-12,17-18H,13-16,19-20H2,1-3H3. The van der Waals surface area contributed by atoms with Crippen LogP contribution >= 0.6 is 0 Å². The van der Waals surface area contributed by atoms with Crippen molar-refractivity contribution < 1.29 is 27.5 Å². The Bertz CT molecular complexity index is 1410. The topological polar surface area (TPSA) is 53.1 Å². The summed E-state index contributed by atoms with van der Waals surface area (Å²) in [6.45, 7) is 8.39. The Labute approximate surface area is 231 Å². The van der Waals surface area contributed by atoms with Gasteiger partial charge >= 0.3 is 6.18 Å². The predicted octanol–water partition coefficient (Wildman–Crippen LogP) is 5.89. The summed E-state index contributed by atoms with van der Waals surface area (Å²) < 4.78 is 44.9. The van der Waals surface area contributed by atoms with Gasteiger partial charge in [-0.25, -0.2) is 0 Å². The van der Waals surface area contributed by atoms with E-state index in [4.69, 9.17) is 4.74 Å². The van der Waals surface area contributed by atoms with Crippen LogP contribution in [0, 0.1) is 0 Å². The van der Waals surface area contributed by atoms with E-state index >= 15 is 0 Å². The fourth-order valence-corrected chi connectivity index (χ4v) is 5.01. The average Bonchev–Trinajstić information content (AvgIpc) is 2.93. The monoisotopic (exact) mass is 551 g/mol. The molecule has 0 saturated carbocycles. The number of amides is 2. The normalized spacial score (nSPS) is 16.1. The molecule has 5 rings (SSSR count). The van der Waals surface area contributed by atoms with Gasteiger partial charge in [0.15, 0.2) is 6.61 Å². The van der Waals surface area contributed by atoms with Gasteiger partial charge in [0, 0.05) is 37.4 Å². The van der Waals surface area contributed by atoms with Crippen LogP contribution in [0.15, 0.2) is 66.7 Å². The summed E-state index contributed by atoms with van der Waals surface area (Å²) in [6.07, 6.45) is -4.40. The number of nitrogens with zero attached hydrogens (tertiary/aromatic N) is 3. The fourth-order valence-electron chi connectivity index (χ4n) is 5.01. The molecule has 0 radical (unpaired) electrons. The number of rotatable bonds is 4. The second-order valence-corrected chi connectivity index (χ2v) is 11.2. The Morgan fingerprint density at radius 3 is 2.23 bits per heavy atom. The minimum absolute atomic E-state index is 0.0229. The molecule has 1 saturated heterocycles. The van der Waals surface area contributed by atoms with Gasteiger partial charge in [-0.15, -0.1) is 0 Å². The first kappa shape index (κ1) is 27.6. The Morgan fingerprint density at radius 2 is 1.57 bits per heavy atom. The van der Waals surface area contributed by atoms with Crippen LogP contribution in [0.3, 0.4) is 0 Å². The molecule has 210 valence electrons. The second-order valence-electron chi connectivity index (χ2n) is 11.2. The summed E-state index contributed by atoms with van der Waals surface area (Å²) in [5.74, 6) is 0.416. The van der Waals surface area contributed by atoms with E-state index < -0.39 is 11.7 Å². The van der Waals surface area contributed by atoms with Crippen molar-refractivity contribution >= 4 is 23.2 Å². The molecule has 2 amide bonds. The zero-order valence-electron chi connectivity index (χ0n) is 22.8. The van der Waals surface area contributed by atoms with Crippen molar-refractivity contribution in [1.82, 2.24) is 4.90 Å². The highest BCUT2D eigenvalue weighted by molar-refractivity contribution is 5.98. The molecular weight excluding hydrogens is 519 g/mol. The maximum absolute atomic E-state index is 13.2. The minimum atomic E-state index is -4.40. The number of fused-ring (bicyclic) bond motifs is 1. The maximum Gasteiger partial charge on any atom is 0.416 e. The first-order chi connectivity index (χ1) is 18.9. The second kappa shape index (κ2) is 10.5. The molecule has 1 fully saturated rings. The predicted molar refractivity (Wildman–Crippen MR) is 148 cm³/mol. The smallest absolute Gasteiger partial charge is 0.416 e. The van der Waals surface area contributed by atoms with E-state index in [1.807, 2.05) is 35.2 Å². The van der Waals surface area contributed by atoms with Gasteiger partial charge in [0.2, 0.25) is 0 Å². The molecule has 6 nitrogen and oxygen atoms in total. The summed E-state index contributed by atoms with van der Waals surface area (Å²) in [7, 11) is 0. The molecule has 3 aromatic rings. The molecule has 0 N–H and O–H groups in total. The first-order valence-corrected chi connectivity index (χ1v) is 13.3. The van der Waals surface area contributed by atoms with Gasteiger partial charge in [-0.2, -0.15) is 13.2 Å². The number of anilines is 2. The van der Waals surface area contributed by atoms with Gasteiger partial charge in [-0.1, -0.05) is 45.0 Å². The zero-order chi connectivity index (χ0) is 28.7. The first-order valence-electron chi connectivity index (χ1n) is 13.3. The van der Waals surface area contributed by atoms with Crippen molar-refractivity contribution in [3.63, 3.8) is 0 Å². The molecule has 3 aromatic carbocycles. The van der Waals surface area contributed by atoms with Crippen LogP contribution in [0.5, 0.6) is 5.75 Å². The van der Waals surface area contributed by atoms with Gasteiger partial charge in [-0.3, -0.25) is 9.59 Å². The van der Waals surface area contributed by atoms with Gasteiger partial charge in [0.25, 0.3) is 11.8 Å². The average molecular weight is 552 g/mol. The number of carbonyl (C=O) groups is 2. The summed E-state index contributed by atoms with van der Waals surface area (Å²) in [5.41, 5.74) is 2.99. The molecule has 2 aliphatic heterocycles. The van der Waals surface area contributed by atoms with E-state index in [0.717, 1.165) is 28.9 Å². The highest BCUT2D eigenvalue weighted by atomic mass is 19.4. The molecule has 40 heavy (non-hydrogen) atoms. The number of benzene rings is 3. The van der Waals surface area contributed by atoms with E-state index in [1.165, 1.54) is 6.07 Å². The summed E-state index contributed by atoms with van der Waals surface area (Å²) in [5, 5.41) is 0. The van der Waals surface area contributed by atoms with Crippen LogP contribution in [0.25, 0.3) is 0 Å². The van der Waals surface area contributed by atoms with Crippen LogP contribution in [0.4, 0.5) is 24.5 Å². The van der Waals surface area contributed by atoms with Crippen LogP contribution in [0.1, 0.15) is 47.8 Å². The molecular formula is C31H32F3N3O3. The van der Waals surface area contributed by atoms with Crippen molar-refractivity contribution in [3.8, 4) is 5.75 Å². The number of carbonyl (C=O) groups excluding carboxylic acids is 2. The third-order valence-corrected chi connectivity index (χ3v) is 7.42. The van der Waals surface area contributed by atoms with Crippen LogP contribution in [0.2, 0.25) is 0 Å².